The molecule has 0 fully saturated rings. The van der Waals surface area contributed by atoms with Gasteiger partial charge < -0.3 is 4.74 Å². The fourth-order valence-electron chi connectivity index (χ4n) is 1.90. The summed E-state index contributed by atoms with van der Waals surface area (Å²) in [5.41, 5.74) is 3.95. The van der Waals surface area contributed by atoms with E-state index >= 15 is 0 Å². The van der Waals surface area contributed by atoms with Crippen LogP contribution < -0.4 is 16.0 Å². The smallest absolute Gasteiger partial charge is 0.338 e. The summed E-state index contributed by atoms with van der Waals surface area (Å²) in [6.07, 6.45) is 0. The summed E-state index contributed by atoms with van der Waals surface area (Å²) < 4.78 is 40.3. The van der Waals surface area contributed by atoms with Crippen molar-refractivity contribution in [2.45, 2.75) is 4.90 Å². The van der Waals surface area contributed by atoms with E-state index in [9.17, 15) is 27.2 Å². The molecule has 28 heavy (non-hydrogen) atoms. The van der Waals surface area contributed by atoms with E-state index in [0.29, 0.717) is 0 Å². The van der Waals surface area contributed by atoms with Crippen LogP contribution in [-0.2, 0) is 19.6 Å². The molecular formula is C16H13ClFN3O6S. The summed E-state index contributed by atoms with van der Waals surface area (Å²) in [6.45, 7) is -0.768. The predicted octanol–water partition coefficient (Wildman–Crippen LogP) is 0.745. The number of primary sulfonamides is 1. The number of esters is 1. The molecule has 0 aliphatic heterocycles. The minimum Gasteiger partial charge on any atom is -0.452 e. The third-order valence-corrected chi connectivity index (χ3v) is 4.62. The topological polar surface area (TPSA) is 145 Å². The summed E-state index contributed by atoms with van der Waals surface area (Å²) in [7, 11) is -4.16. The second-order valence-corrected chi connectivity index (χ2v) is 7.21. The number of nitrogens with two attached hydrogens (primary N) is 1. The monoisotopic (exact) mass is 429 g/mol. The Labute approximate surface area is 163 Å². The van der Waals surface area contributed by atoms with Crippen LogP contribution in [0.5, 0.6) is 0 Å². The van der Waals surface area contributed by atoms with Gasteiger partial charge in [-0.3, -0.25) is 20.4 Å². The Morgan fingerprint density at radius 2 is 1.64 bits per heavy atom. The van der Waals surface area contributed by atoms with Gasteiger partial charge in [-0.05, 0) is 42.5 Å². The van der Waals surface area contributed by atoms with Gasteiger partial charge in [0.05, 0.1) is 10.6 Å². The standard InChI is InChI=1S/C16H13ClFN3O6S/c17-12-6-3-10(7-13(12)28(19,25)26)16(24)27-8-14(22)20-21-15(23)9-1-4-11(18)5-2-9/h1-7H,8H2,(H,20,22)(H,21,23)(H2,19,25,26). The molecule has 0 saturated carbocycles. The molecule has 0 heterocycles. The van der Waals surface area contributed by atoms with Gasteiger partial charge in [0.2, 0.25) is 10.0 Å². The molecule has 12 heteroatoms. The van der Waals surface area contributed by atoms with Gasteiger partial charge in [-0.25, -0.2) is 22.7 Å². The lowest BCUT2D eigenvalue weighted by Gasteiger charge is -2.09. The summed E-state index contributed by atoms with van der Waals surface area (Å²) in [4.78, 5) is 34.8. The molecule has 2 aromatic carbocycles. The number of nitrogens with one attached hydrogen (secondary N) is 2. The highest BCUT2D eigenvalue weighted by Crippen LogP contribution is 2.21. The Morgan fingerprint density at radius 3 is 2.25 bits per heavy atom. The lowest BCUT2D eigenvalue weighted by Crippen LogP contribution is -2.43. The van der Waals surface area contributed by atoms with Crippen molar-refractivity contribution < 1.29 is 31.9 Å². The molecule has 0 bridgehead atoms. The molecule has 2 aromatic rings. The first-order valence-corrected chi connectivity index (χ1v) is 9.34. The summed E-state index contributed by atoms with van der Waals surface area (Å²) >= 11 is 5.71. The molecule has 0 aliphatic carbocycles. The molecule has 9 nitrogen and oxygen atoms in total. The maximum Gasteiger partial charge on any atom is 0.338 e. The van der Waals surface area contributed by atoms with Crippen LogP contribution in [0.15, 0.2) is 47.4 Å². The Morgan fingerprint density at radius 1 is 1.04 bits per heavy atom. The van der Waals surface area contributed by atoms with Gasteiger partial charge in [0.1, 0.15) is 10.7 Å². The Kier molecular flexibility index (Phi) is 6.67. The molecule has 4 N–H and O–H groups in total. The van der Waals surface area contributed by atoms with Gasteiger partial charge in [-0.15, -0.1) is 0 Å². The quantitative estimate of drug-likeness (QED) is 0.472. The number of amides is 2. The molecule has 0 radical (unpaired) electrons. The average Bonchev–Trinajstić information content (AvgIpc) is 2.64. The van der Waals surface area contributed by atoms with Crippen molar-refractivity contribution in [3.8, 4) is 0 Å². The second-order valence-electron chi connectivity index (χ2n) is 5.28. The number of hydrogen-bond donors (Lipinski definition) is 3. The van der Waals surface area contributed by atoms with Crippen LogP contribution in [0.3, 0.4) is 0 Å². The molecule has 0 atom stereocenters. The van der Waals surface area contributed by atoms with Gasteiger partial charge in [-0.2, -0.15) is 0 Å². The highest BCUT2D eigenvalue weighted by molar-refractivity contribution is 7.89. The van der Waals surface area contributed by atoms with E-state index < -0.39 is 45.1 Å². The van der Waals surface area contributed by atoms with Crippen LogP contribution >= 0.6 is 11.6 Å². The Hall–Kier alpha value is -3.02. The van der Waals surface area contributed by atoms with E-state index in [1.165, 1.54) is 18.2 Å². The van der Waals surface area contributed by atoms with E-state index in [1.807, 2.05) is 5.43 Å². The fourth-order valence-corrected chi connectivity index (χ4v) is 2.97. The number of rotatable bonds is 5. The zero-order valence-corrected chi connectivity index (χ0v) is 15.5. The summed E-state index contributed by atoms with van der Waals surface area (Å²) in [6, 6.07) is 7.80. The third-order valence-electron chi connectivity index (χ3n) is 3.23. The van der Waals surface area contributed by atoms with Crippen molar-refractivity contribution in [2.24, 2.45) is 5.14 Å². The van der Waals surface area contributed by atoms with Crippen LogP contribution in [-0.4, -0.2) is 32.8 Å². The molecule has 148 valence electrons. The third kappa shape index (κ3) is 5.74. The summed E-state index contributed by atoms with van der Waals surface area (Å²) in [5, 5.41) is 4.80. The van der Waals surface area contributed by atoms with Crippen LogP contribution in [0.4, 0.5) is 4.39 Å². The zero-order valence-electron chi connectivity index (χ0n) is 13.9. The first-order chi connectivity index (χ1) is 13.1. The Balaban J connectivity index is 1.89. The van der Waals surface area contributed by atoms with Gasteiger partial charge in [0.15, 0.2) is 6.61 Å². The van der Waals surface area contributed by atoms with Crippen LogP contribution in [0.25, 0.3) is 0 Å². The summed E-state index contributed by atoms with van der Waals surface area (Å²) in [5.74, 6) is -3.12. The first-order valence-electron chi connectivity index (χ1n) is 7.42. The van der Waals surface area contributed by atoms with E-state index in [4.69, 9.17) is 21.5 Å². The molecule has 0 spiro atoms. The van der Waals surface area contributed by atoms with Crippen LogP contribution in [0, 0.1) is 5.82 Å². The number of ether oxygens (including phenoxy) is 1. The molecule has 0 saturated heterocycles. The van der Waals surface area contributed by atoms with Crippen molar-refractivity contribution in [2.75, 3.05) is 6.61 Å². The maximum absolute atomic E-state index is 12.8. The number of benzene rings is 2. The van der Waals surface area contributed by atoms with E-state index in [1.54, 1.807) is 0 Å². The van der Waals surface area contributed by atoms with Gasteiger partial charge in [-0.1, -0.05) is 11.6 Å². The van der Waals surface area contributed by atoms with Crippen molar-refractivity contribution in [3.63, 3.8) is 0 Å². The molecular weight excluding hydrogens is 417 g/mol. The molecule has 0 aromatic heterocycles. The molecule has 0 unspecified atom stereocenters. The number of halogens is 2. The lowest BCUT2D eigenvalue weighted by molar-refractivity contribution is -0.125. The largest absolute Gasteiger partial charge is 0.452 e. The van der Waals surface area contributed by atoms with Gasteiger partial charge in [0.25, 0.3) is 11.8 Å². The molecule has 0 aliphatic rings. The number of carbonyl (C=O) groups is 3. The zero-order chi connectivity index (χ0) is 20.9. The second kappa shape index (κ2) is 8.78. The molecule has 2 amide bonds. The van der Waals surface area contributed by atoms with Gasteiger partial charge >= 0.3 is 5.97 Å². The van der Waals surface area contributed by atoms with Crippen molar-refractivity contribution in [3.05, 3.63) is 64.4 Å². The lowest BCUT2D eigenvalue weighted by atomic mass is 10.2. The number of hydrogen-bond acceptors (Lipinski definition) is 6. The first kappa shape index (κ1) is 21.3. The normalized spacial score (nSPS) is 10.8. The minimum absolute atomic E-state index is 0.0929. The minimum atomic E-state index is -4.16. The fraction of sp³-hybridized carbons (Fsp3) is 0.0625. The van der Waals surface area contributed by atoms with E-state index in [2.05, 4.69) is 5.43 Å². The SMILES string of the molecule is NS(=O)(=O)c1cc(C(=O)OCC(=O)NNC(=O)c2ccc(F)cc2)ccc1Cl. The van der Waals surface area contributed by atoms with Crippen LogP contribution in [0.1, 0.15) is 20.7 Å². The Bertz CT molecular complexity index is 1030. The van der Waals surface area contributed by atoms with Crippen molar-refractivity contribution in [1.82, 2.24) is 10.9 Å². The molecule has 2 rings (SSSR count). The highest BCUT2D eigenvalue weighted by Gasteiger charge is 2.18. The van der Waals surface area contributed by atoms with Crippen LogP contribution in [0.2, 0.25) is 5.02 Å². The van der Waals surface area contributed by atoms with Crippen molar-refractivity contribution >= 4 is 39.4 Å². The average molecular weight is 430 g/mol. The van der Waals surface area contributed by atoms with E-state index in [0.717, 1.165) is 24.3 Å². The maximum atomic E-state index is 12.8. The number of hydrazine groups is 1. The predicted molar refractivity (Wildman–Crippen MR) is 95.1 cm³/mol. The highest BCUT2D eigenvalue weighted by atomic mass is 35.5. The van der Waals surface area contributed by atoms with Gasteiger partial charge in [0, 0.05) is 5.56 Å². The van der Waals surface area contributed by atoms with Crippen molar-refractivity contribution in [1.29, 1.82) is 0 Å². The number of carbonyl (C=O) groups excluding carboxylic acids is 3. The number of sulfonamides is 1. The van der Waals surface area contributed by atoms with E-state index in [-0.39, 0.29) is 16.1 Å².